The second kappa shape index (κ2) is 8.07. The molecule has 1 aliphatic heterocycles. The summed E-state index contributed by atoms with van der Waals surface area (Å²) in [4.78, 5) is 14.6. The van der Waals surface area contributed by atoms with Crippen LogP contribution in [0.3, 0.4) is 0 Å². The Bertz CT molecular complexity index is 1130. The topological polar surface area (TPSA) is 71.8 Å². The fourth-order valence-corrected chi connectivity index (χ4v) is 4.84. The third-order valence-corrected chi connectivity index (χ3v) is 6.54. The van der Waals surface area contributed by atoms with Gasteiger partial charge in [0.25, 0.3) is 6.43 Å². The standard InChI is InChI=1S/C21H22F5N7/c22-16(23)12-33-19-14(10-28-33)27-11-18(31-19)32-6-4-20(5-7-32)8-13(9-20)29-17-3-1-2-15(30-17)21(24,25)26/h1-3,10-11,13,16H,4-9,12H2,(H,29,30). The number of halogens is 5. The molecule has 0 aromatic carbocycles. The molecule has 0 atom stereocenters. The van der Waals surface area contributed by atoms with Crippen molar-refractivity contribution in [2.75, 3.05) is 23.3 Å². The normalized spacial score (nSPS) is 18.8. The molecular weight excluding hydrogens is 445 g/mol. The van der Waals surface area contributed by atoms with E-state index >= 15 is 0 Å². The molecule has 2 aliphatic rings. The molecule has 1 spiro atoms. The van der Waals surface area contributed by atoms with Crippen molar-refractivity contribution < 1.29 is 22.0 Å². The van der Waals surface area contributed by atoms with Gasteiger partial charge in [-0.1, -0.05) is 6.07 Å². The number of piperidine rings is 1. The number of pyridine rings is 1. The highest BCUT2D eigenvalue weighted by atomic mass is 19.4. The van der Waals surface area contributed by atoms with Crippen LogP contribution in [-0.4, -0.2) is 50.3 Å². The van der Waals surface area contributed by atoms with Crippen molar-refractivity contribution in [2.45, 2.75) is 50.9 Å². The summed E-state index contributed by atoms with van der Waals surface area (Å²) in [7, 11) is 0. The zero-order valence-corrected chi connectivity index (χ0v) is 17.6. The number of nitrogens with zero attached hydrogens (tertiary/aromatic N) is 6. The van der Waals surface area contributed by atoms with Crippen molar-refractivity contribution in [1.82, 2.24) is 24.7 Å². The fraction of sp³-hybridized carbons (Fsp3) is 0.524. The number of rotatable bonds is 5. The van der Waals surface area contributed by atoms with Gasteiger partial charge < -0.3 is 10.2 Å². The lowest BCUT2D eigenvalue weighted by Gasteiger charge is -2.52. The van der Waals surface area contributed by atoms with E-state index in [0.29, 0.717) is 17.0 Å². The quantitative estimate of drug-likeness (QED) is 0.562. The average molecular weight is 467 g/mol. The van der Waals surface area contributed by atoms with Crippen molar-refractivity contribution >= 4 is 22.8 Å². The van der Waals surface area contributed by atoms with Gasteiger partial charge in [0, 0.05) is 19.1 Å². The Kier molecular flexibility index (Phi) is 5.32. The number of nitrogens with one attached hydrogen (secondary N) is 1. The summed E-state index contributed by atoms with van der Waals surface area (Å²) in [5, 5.41) is 7.07. The Balaban J connectivity index is 1.19. The molecule has 7 nitrogen and oxygen atoms in total. The van der Waals surface area contributed by atoms with E-state index in [1.807, 2.05) is 0 Å². The van der Waals surface area contributed by atoms with Crippen molar-refractivity contribution in [1.29, 1.82) is 0 Å². The van der Waals surface area contributed by atoms with Crippen molar-refractivity contribution in [2.24, 2.45) is 5.41 Å². The Morgan fingerprint density at radius 3 is 2.55 bits per heavy atom. The minimum atomic E-state index is -4.46. The fourth-order valence-electron chi connectivity index (χ4n) is 4.84. The van der Waals surface area contributed by atoms with Crippen LogP contribution in [0.4, 0.5) is 33.6 Å². The summed E-state index contributed by atoms with van der Waals surface area (Å²) in [6, 6.07) is 3.96. The van der Waals surface area contributed by atoms with Crippen LogP contribution >= 0.6 is 0 Å². The van der Waals surface area contributed by atoms with Gasteiger partial charge in [-0.3, -0.25) is 0 Å². The molecule has 1 aliphatic carbocycles. The molecule has 0 radical (unpaired) electrons. The molecule has 12 heteroatoms. The molecule has 1 saturated heterocycles. The van der Waals surface area contributed by atoms with Gasteiger partial charge in [0.1, 0.15) is 29.4 Å². The van der Waals surface area contributed by atoms with E-state index in [-0.39, 0.29) is 17.3 Å². The van der Waals surface area contributed by atoms with E-state index in [1.165, 1.54) is 16.9 Å². The Morgan fingerprint density at radius 2 is 1.85 bits per heavy atom. The van der Waals surface area contributed by atoms with Crippen LogP contribution in [0.1, 0.15) is 31.4 Å². The van der Waals surface area contributed by atoms with Gasteiger partial charge in [-0.05, 0) is 43.2 Å². The van der Waals surface area contributed by atoms with Crippen LogP contribution in [0.25, 0.3) is 11.2 Å². The maximum atomic E-state index is 12.9. The lowest BCUT2D eigenvalue weighted by atomic mass is 9.60. The van der Waals surface area contributed by atoms with E-state index in [1.54, 1.807) is 12.3 Å². The second-order valence-corrected chi connectivity index (χ2v) is 8.80. The first kappa shape index (κ1) is 21.8. The van der Waals surface area contributed by atoms with E-state index in [0.717, 1.165) is 44.8 Å². The van der Waals surface area contributed by atoms with Crippen LogP contribution in [0.2, 0.25) is 0 Å². The predicted octanol–water partition coefficient (Wildman–Crippen LogP) is 4.37. The summed E-state index contributed by atoms with van der Waals surface area (Å²) in [5.74, 6) is 0.877. The van der Waals surface area contributed by atoms with E-state index in [4.69, 9.17) is 0 Å². The SMILES string of the molecule is FC(F)Cn1ncc2ncc(N3CCC4(CC3)CC(Nc3cccc(C(F)(F)F)n3)C4)nc21. The highest BCUT2D eigenvalue weighted by Crippen LogP contribution is 2.50. The molecule has 3 aromatic rings. The minimum Gasteiger partial charge on any atom is -0.367 e. The van der Waals surface area contributed by atoms with E-state index in [9.17, 15) is 22.0 Å². The van der Waals surface area contributed by atoms with Gasteiger partial charge in [-0.15, -0.1) is 0 Å². The molecule has 0 unspecified atom stereocenters. The summed E-state index contributed by atoms with van der Waals surface area (Å²) >= 11 is 0. The highest BCUT2D eigenvalue weighted by molar-refractivity contribution is 5.71. The zero-order valence-electron chi connectivity index (χ0n) is 17.6. The van der Waals surface area contributed by atoms with Gasteiger partial charge in [0.05, 0.1) is 12.4 Å². The maximum Gasteiger partial charge on any atom is 0.433 e. The average Bonchev–Trinajstić information content (AvgIpc) is 3.14. The van der Waals surface area contributed by atoms with Gasteiger partial charge in [0.2, 0.25) is 0 Å². The lowest BCUT2D eigenvalue weighted by molar-refractivity contribution is -0.141. The first-order valence-corrected chi connectivity index (χ1v) is 10.7. The van der Waals surface area contributed by atoms with Crippen molar-refractivity contribution in [3.8, 4) is 0 Å². The van der Waals surface area contributed by atoms with E-state index in [2.05, 4.69) is 30.3 Å². The number of anilines is 2. The monoisotopic (exact) mass is 467 g/mol. The lowest BCUT2D eigenvalue weighted by Crippen LogP contribution is -2.51. The molecule has 4 heterocycles. The third kappa shape index (κ3) is 4.42. The molecule has 2 fully saturated rings. The largest absolute Gasteiger partial charge is 0.433 e. The summed E-state index contributed by atoms with van der Waals surface area (Å²) in [6.45, 7) is 0.968. The third-order valence-electron chi connectivity index (χ3n) is 6.54. The number of alkyl halides is 5. The Labute approximate surface area is 186 Å². The van der Waals surface area contributed by atoms with Gasteiger partial charge in [-0.2, -0.15) is 18.3 Å². The maximum absolute atomic E-state index is 12.9. The van der Waals surface area contributed by atoms with Crippen LogP contribution < -0.4 is 10.2 Å². The first-order valence-electron chi connectivity index (χ1n) is 10.7. The first-order chi connectivity index (χ1) is 15.7. The molecule has 5 rings (SSSR count). The number of hydrogen-bond acceptors (Lipinski definition) is 6. The highest BCUT2D eigenvalue weighted by Gasteiger charge is 2.46. The zero-order chi connectivity index (χ0) is 23.2. The van der Waals surface area contributed by atoms with Gasteiger partial charge >= 0.3 is 6.18 Å². The predicted molar refractivity (Wildman–Crippen MR) is 111 cm³/mol. The summed E-state index contributed by atoms with van der Waals surface area (Å²) in [6.07, 6.45) is -0.364. The number of aromatic nitrogens is 5. The van der Waals surface area contributed by atoms with E-state index < -0.39 is 24.8 Å². The number of hydrogen-bond donors (Lipinski definition) is 1. The summed E-state index contributed by atoms with van der Waals surface area (Å²) < 4.78 is 65.3. The molecule has 176 valence electrons. The van der Waals surface area contributed by atoms with Gasteiger partial charge in [-0.25, -0.2) is 28.4 Å². The smallest absolute Gasteiger partial charge is 0.367 e. The Hall–Kier alpha value is -3.05. The van der Waals surface area contributed by atoms with Crippen LogP contribution in [0.5, 0.6) is 0 Å². The van der Waals surface area contributed by atoms with Gasteiger partial charge in [0.15, 0.2) is 5.65 Å². The summed E-state index contributed by atoms with van der Waals surface area (Å²) in [5.41, 5.74) is 0.0616. The second-order valence-electron chi connectivity index (χ2n) is 8.80. The van der Waals surface area contributed by atoms with Crippen molar-refractivity contribution in [3.05, 3.63) is 36.3 Å². The Morgan fingerprint density at radius 1 is 1.09 bits per heavy atom. The van der Waals surface area contributed by atoms with Crippen LogP contribution in [-0.2, 0) is 12.7 Å². The molecule has 1 saturated carbocycles. The minimum absolute atomic E-state index is 0.0902. The number of fused-ring (bicyclic) bond motifs is 1. The molecule has 1 N–H and O–H groups in total. The molecule has 0 bridgehead atoms. The van der Waals surface area contributed by atoms with Crippen molar-refractivity contribution in [3.63, 3.8) is 0 Å². The van der Waals surface area contributed by atoms with Crippen LogP contribution in [0, 0.1) is 5.41 Å². The molecular formula is C21H22F5N7. The van der Waals surface area contributed by atoms with Crippen LogP contribution in [0.15, 0.2) is 30.6 Å². The molecule has 0 amide bonds. The molecule has 33 heavy (non-hydrogen) atoms. The molecule has 3 aromatic heterocycles.